The molecule has 0 saturated carbocycles. The van der Waals surface area contributed by atoms with Crippen LogP contribution >= 0.6 is 0 Å². The van der Waals surface area contributed by atoms with E-state index in [1.54, 1.807) is 78.9 Å². The number of hydrogen-bond donors (Lipinski definition) is 1. The number of aliphatic hydroxyl groups excluding tert-OH is 1. The first kappa shape index (κ1) is 32.2. The monoisotopic (exact) mass is 631 g/mol. The molecule has 5 rings (SSSR count). The molecule has 1 saturated heterocycles. The van der Waals surface area contributed by atoms with Crippen LogP contribution in [0.4, 0.5) is 26.3 Å². The normalized spacial score (nSPS) is 21.4. The molecule has 1 fully saturated rings. The summed E-state index contributed by atoms with van der Waals surface area (Å²) in [5.41, 5.74) is -4.22. The number of rotatable bonds is 8. The maximum Gasteiger partial charge on any atom is 0.416 e. The Morgan fingerprint density at radius 2 is 1.36 bits per heavy atom. The Morgan fingerprint density at radius 3 is 1.89 bits per heavy atom. The third-order valence-electron chi connectivity index (χ3n) is 7.45. The fourth-order valence-electron chi connectivity index (χ4n) is 5.06. The van der Waals surface area contributed by atoms with Crippen LogP contribution in [0.1, 0.15) is 57.4 Å². The molecule has 4 atom stereocenters. The van der Waals surface area contributed by atoms with Crippen LogP contribution in [-0.2, 0) is 32.2 Å². The zero-order valence-electron chi connectivity index (χ0n) is 23.6. The predicted octanol–water partition coefficient (Wildman–Crippen LogP) is 7.82. The van der Waals surface area contributed by atoms with Crippen molar-refractivity contribution in [2.24, 2.45) is 0 Å². The van der Waals surface area contributed by atoms with Crippen LogP contribution in [0.25, 0.3) is 0 Å². The van der Waals surface area contributed by atoms with Gasteiger partial charge in [-0.3, -0.25) is 0 Å². The lowest BCUT2D eigenvalue weighted by Gasteiger charge is -2.39. The first-order valence-electron chi connectivity index (χ1n) is 13.7. The topological polar surface area (TPSA) is 68.2 Å². The third-order valence-corrected chi connectivity index (χ3v) is 7.45. The SMILES string of the molecule is C[C@@H](OC[C@@]1(c2ccccc2)C(O)OC(c2ccccc2)N1OC(=O)c1ccccc1)c1cc(C(F)(F)F)cc(C(F)(F)F)c1. The predicted molar refractivity (Wildman–Crippen MR) is 149 cm³/mol. The molecule has 236 valence electrons. The van der Waals surface area contributed by atoms with E-state index >= 15 is 0 Å². The van der Waals surface area contributed by atoms with Crippen LogP contribution in [0.5, 0.6) is 0 Å². The van der Waals surface area contributed by atoms with Crippen LogP contribution in [0.15, 0.2) is 109 Å². The van der Waals surface area contributed by atoms with Gasteiger partial charge in [0.1, 0.15) is 0 Å². The summed E-state index contributed by atoms with van der Waals surface area (Å²) in [4.78, 5) is 19.3. The minimum absolute atomic E-state index is 0.0332. The number of alkyl halides is 6. The number of aliphatic hydroxyl groups is 1. The quantitative estimate of drug-likeness (QED) is 0.200. The van der Waals surface area contributed by atoms with E-state index in [-0.39, 0.29) is 11.6 Å². The first-order valence-corrected chi connectivity index (χ1v) is 13.7. The highest BCUT2D eigenvalue weighted by molar-refractivity contribution is 5.89. The summed E-state index contributed by atoms with van der Waals surface area (Å²) in [5.74, 6) is -0.810. The number of hydroxylamine groups is 2. The zero-order chi connectivity index (χ0) is 32.4. The maximum atomic E-state index is 13.6. The van der Waals surface area contributed by atoms with Gasteiger partial charge in [0, 0.05) is 0 Å². The Labute approximate surface area is 254 Å². The summed E-state index contributed by atoms with van der Waals surface area (Å²) >= 11 is 0. The van der Waals surface area contributed by atoms with Crippen molar-refractivity contribution in [3.63, 3.8) is 0 Å². The summed E-state index contributed by atoms with van der Waals surface area (Å²) < 4.78 is 93.3. The number of benzene rings is 4. The molecule has 0 spiro atoms. The Morgan fingerprint density at radius 1 is 0.844 bits per heavy atom. The second-order valence-corrected chi connectivity index (χ2v) is 10.4. The number of carbonyl (C=O) groups excluding carboxylic acids is 1. The number of hydrogen-bond acceptors (Lipinski definition) is 6. The van der Waals surface area contributed by atoms with E-state index < -0.39 is 65.8 Å². The van der Waals surface area contributed by atoms with Crippen molar-refractivity contribution in [2.75, 3.05) is 6.61 Å². The molecule has 4 aromatic carbocycles. The van der Waals surface area contributed by atoms with Crippen LogP contribution in [-0.4, -0.2) is 29.0 Å². The number of ether oxygens (including phenoxy) is 2. The second kappa shape index (κ2) is 12.6. The van der Waals surface area contributed by atoms with E-state index in [1.165, 1.54) is 19.1 Å². The fourth-order valence-corrected chi connectivity index (χ4v) is 5.06. The average molecular weight is 632 g/mol. The van der Waals surface area contributed by atoms with Crippen molar-refractivity contribution < 1.29 is 50.6 Å². The summed E-state index contributed by atoms with van der Waals surface area (Å²) in [6.07, 6.45) is -14.4. The van der Waals surface area contributed by atoms with E-state index in [2.05, 4.69) is 0 Å². The van der Waals surface area contributed by atoms with Crippen molar-refractivity contribution in [1.29, 1.82) is 0 Å². The molecule has 1 aliphatic heterocycles. The van der Waals surface area contributed by atoms with Gasteiger partial charge < -0.3 is 19.4 Å². The van der Waals surface area contributed by atoms with E-state index in [9.17, 15) is 36.2 Å². The van der Waals surface area contributed by atoms with Gasteiger partial charge in [-0.2, -0.15) is 26.3 Å². The largest absolute Gasteiger partial charge is 0.416 e. The van der Waals surface area contributed by atoms with Gasteiger partial charge in [0.2, 0.25) is 0 Å². The average Bonchev–Trinajstić information content (AvgIpc) is 3.31. The third kappa shape index (κ3) is 6.74. The summed E-state index contributed by atoms with van der Waals surface area (Å²) in [7, 11) is 0. The van der Waals surface area contributed by atoms with Gasteiger partial charge in [-0.05, 0) is 53.9 Å². The van der Waals surface area contributed by atoms with Crippen molar-refractivity contribution in [1.82, 2.24) is 5.06 Å². The summed E-state index contributed by atoms with van der Waals surface area (Å²) in [6.45, 7) is 0.702. The Balaban J connectivity index is 1.57. The van der Waals surface area contributed by atoms with E-state index in [1.807, 2.05) is 0 Å². The smallest absolute Gasteiger partial charge is 0.371 e. The molecular formula is C33H27F6NO5. The van der Waals surface area contributed by atoms with Gasteiger partial charge in [-0.1, -0.05) is 83.9 Å². The number of carbonyl (C=O) groups is 1. The highest BCUT2D eigenvalue weighted by Gasteiger charge is 2.59. The number of nitrogens with zero attached hydrogens (tertiary/aromatic N) is 1. The molecular weight excluding hydrogens is 604 g/mol. The van der Waals surface area contributed by atoms with E-state index in [4.69, 9.17) is 14.3 Å². The molecule has 1 N–H and O–H groups in total. The first-order chi connectivity index (χ1) is 21.3. The molecule has 12 heteroatoms. The van der Waals surface area contributed by atoms with Crippen LogP contribution in [0.3, 0.4) is 0 Å². The minimum Gasteiger partial charge on any atom is -0.371 e. The van der Waals surface area contributed by atoms with Gasteiger partial charge in [0.05, 0.1) is 29.4 Å². The lowest BCUT2D eigenvalue weighted by molar-refractivity contribution is -0.222. The lowest BCUT2D eigenvalue weighted by atomic mass is 9.89. The second-order valence-electron chi connectivity index (χ2n) is 10.4. The molecule has 1 aliphatic rings. The molecule has 4 aromatic rings. The maximum absolute atomic E-state index is 13.6. The molecule has 6 nitrogen and oxygen atoms in total. The Hall–Kier alpha value is -4.23. The standard InChI is InChI=1S/C33H27F6NO5/c1-21(24-17-26(32(34,35)36)19-27(18-24)33(37,38)39)43-20-31(25-15-9-4-10-16-25)30(42)44-28(22-11-5-2-6-12-22)40(31)45-29(41)23-13-7-3-8-14-23/h2-19,21,28,30,42H,20H2,1H3/t21-,28?,30?,31-/m1/s1. The molecule has 0 aromatic heterocycles. The molecule has 45 heavy (non-hydrogen) atoms. The highest BCUT2D eigenvalue weighted by Crippen LogP contribution is 2.48. The number of halogens is 6. The van der Waals surface area contributed by atoms with E-state index in [0.717, 1.165) is 5.06 Å². The molecule has 2 unspecified atom stereocenters. The highest BCUT2D eigenvalue weighted by atomic mass is 19.4. The molecule has 0 amide bonds. The molecule has 0 bridgehead atoms. The van der Waals surface area contributed by atoms with Crippen molar-refractivity contribution in [3.05, 3.63) is 143 Å². The van der Waals surface area contributed by atoms with Gasteiger partial charge in [-0.15, -0.1) is 0 Å². The van der Waals surface area contributed by atoms with E-state index in [0.29, 0.717) is 23.3 Å². The van der Waals surface area contributed by atoms with Crippen LogP contribution in [0, 0.1) is 0 Å². The Bertz CT molecular complexity index is 1570. The van der Waals surface area contributed by atoms with Gasteiger partial charge in [-0.25, -0.2) is 4.79 Å². The van der Waals surface area contributed by atoms with Crippen molar-refractivity contribution in [2.45, 2.75) is 43.4 Å². The van der Waals surface area contributed by atoms with Crippen molar-refractivity contribution >= 4 is 5.97 Å². The fraction of sp³-hybridized carbons (Fsp3) is 0.242. The van der Waals surface area contributed by atoms with Gasteiger partial charge in [0.25, 0.3) is 0 Å². The molecule has 0 radical (unpaired) electrons. The molecule has 1 heterocycles. The lowest BCUT2D eigenvalue weighted by Crippen LogP contribution is -2.52. The zero-order valence-corrected chi connectivity index (χ0v) is 23.6. The van der Waals surface area contributed by atoms with Gasteiger partial charge >= 0.3 is 18.3 Å². The Kier molecular flexibility index (Phi) is 9.04. The minimum atomic E-state index is -5.05. The van der Waals surface area contributed by atoms with Crippen LogP contribution < -0.4 is 0 Å². The summed E-state index contributed by atoms with van der Waals surface area (Å²) in [5, 5.41) is 12.7. The van der Waals surface area contributed by atoms with Gasteiger partial charge in [0.15, 0.2) is 18.1 Å². The van der Waals surface area contributed by atoms with Crippen LogP contribution in [0.2, 0.25) is 0 Å². The van der Waals surface area contributed by atoms with Crippen molar-refractivity contribution in [3.8, 4) is 0 Å². The molecule has 0 aliphatic carbocycles. The summed E-state index contributed by atoms with van der Waals surface area (Å²) in [6, 6.07) is 25.9.